The Kier molecular flexibility index (Phi) is 4.79. The van der Waals surface area contributed by atoms with Crippen LogP contribution in [0.15, 0.2) is 48.5 Å². The van der Waals surface area contributed by atoms with Crippen molar-refractivity contribution in [1.29, 1.82) is 0 Å². The van der Waals surface area contributed by atoms with Crippen molar-refractivity contribution in [2.45, 2.75) is 19.8 Å². The van der Waals surface area contributed by atoms with Gasteiger partial charge in [-0.15, -0.1) is 0 Å². The largest absolute Gasteiger partial charge is 0.326 e. The number of benzene rings is 2. The molecular weight excluding hydrogens is 318 g/mol. The first-order valence-electron chi connectivity index (χ1n) is 8.12. The molecule has 2 N–H and O–H groups in total. The minimum Gasteiger partial charge on any atom is -0.326 e. The summed E-state index contributed by atoms with van der Waals surface area (Å²) in [4.78, 5) is 37.0. The molecule has 0 aliphatic carbocycles. The van der Waals surface area contributed by atoms with E-state index in [0.29, 0.717) is 23.4 Å². The minimum absolute atomic E-state index is 0.118. The van der Waals surface area contributed by atoms with Crippen LogP contribution in [-0.2, 0) is 9.59 Å². The van der Waals surface area contributed by atoms with Crippen molar-refractivity contribution < 1.29 is 14.4 Å². The van der Waals surface area contributed by atoms with Crippen LogP contribution in [0, 0.1) is 0 Å². The van der Waals surface area contributed by atoms with Gasteiger partial charge in [-0.25, -0.2) is 0 Å². The number of carbonyl (C=O) groups excluding carboxylic acids is 3. The summed E-state index contributed by atoms with van der Waals surface area (Å²) in [6, 6.07) is 13.9. The van der Waals surface area contributed by atoms with E-state index >= 15 is 0 Å². The highest BCUT2D eigenvalue weighted by molar-refractivity contribution is 6.05. The maximum Gasteiger partial charge on any atom is 0.255 e. The number of anilines is 3. The van der Waals surface area contributed by atoms with Crippen molar-refractivity contribution in [3.63, 3.8) is 0 Å². The van der Waals surface area contributed by atoms with E-state index in [-0.39, 0.29) is 17.7 Å². The van der Waals surface area contributed by atoms with Gasteiger partial charge < -0.3 is 15.5 Å². The summed E-state index contributed by atoms with van der Waals surface area (Å²) >= 11 is 0. The second-order valence-corrected chi connectivity index (χ2v) is 5.91. The van der Waals surface area contributed by atoms with Crippen LogP contribution in [0.2, 0.25) is 0 Å². The first kappa shape index (κ1) is 16.7. The molecule has 6 heteroatoms. The number of hydrogen-bond donors (Lipinski definition) is 2. The lowest BCUT2D eigenvalue weighted by Gasteiger charge is -2.16. The lowest BCUT2D eigenvalue weighted by Crippen LogP contribution is -2.23. The van der Waals surface area contributed by atoms with Crippen molar-refractivity contribution in [3.05, 3.63) is 54.1 Å². The summed E-state index contributed by atoms with van der Waals surface area (Å²) in [5.74, 6) is -0.304. The molecule has 2 aromatic rings. The molecule has 3 amide bonds. The molecule has 2 aromatic carbocycles. The van der Waals surface area contributed by atoms with E-state index in [4.69, 9.17) is 0 Å². The highest BCUT2D eigenvalue weighted by atomic mass is 16.2. The Labute approximate surface area is 145 Å². The molecule has 6 nitrogen and oxygen atoms in total. The third-order valence-electron chi connectivity index (χ3n) is 3.96. The molecular formula is C19H19N3O3. The van der Waals surface area contributed by atoms with E-state index in [9.17, 15) is 14.4 Å². The fourth-order valence-electron chi connectivity index (χ4n) is 2.80. The summed E-state index contributed by atoms with van der Waals surface area (Å²) in [6.07, 6.45) is 1.44. The molecule has 0 atom stereocenters. The molecule has 1 aliphatic heterocycles. The number of nitrogens with one attached hydrogen (secondary N) is 2. The molecule has 0 saturated carbocycles. The Morgan fingerprint density at radius 1 is 1.00 bits per heavy atom. The lowest BCUT2D eigenvalue weighted by molar-refractivity contribution is -0.117. The first-order chi connectivity index (χ1) is 12.0. The molecule has 0 bridgehead atoms. The number of amides is 3. The maximum atomic E-state index is 12.4. The van der Waals surface area contributed by atoms with Crippen molar-refractivity contribution in [2.75, 3.05) is 22.1 Å². The van der Waals surface area contributed by atoms with Gasteiger partial charge in [0.2, 0.25) is 11.8 Å². The molecule has 128 valence electrons. The summed E-state index contributed by atoms with van der Waals surface area (Å²) in [7, 11) is 0. The van der Waals surface area contributed by atoms with Gasteiger partial charge in [-0.3, -0.25) is 14.4 Å². The van der Waals surface area contributed by atoms with Gasteiger partial charge in [0.15, 0.2) is 0 Å². The summed E-state index contributed by atoms with van der Waals surface area (Å²) in [6.45, 7) is 2.15. The average molecular weight is 337 g/mol. The standard InChI is InChI=1S/C19H19N3O3/c1-13(23)20-15-4-2-5-16(12-15)21-19(25)14-7-9-17(10-8-14)22-11-3-6-18(22)24/h2,4-5,7-10,12H,3,6,11H2,1H3,(H,20,23)(H,21,25). The fourth-order valence-corrected chi connectivity index (χ4v) is 2.80. The zero-order valence-electron chi connectivity index (χ0n) is 13.9. The van der Waals surface area contributed by atoms with Gasteiger partial charge in [-0.1, -0.05) is 6.07 Å². The van der Waals surface area contributed by atoms with Gasteiger partial charge >= 0.3 is 0 Å². The van der Waals surface area contributed by atoms with Gasteiger partial charge in [0.25, 0.3) is 5.91 Å². The summed E-state index contributed by atoms with van der Waals surface area (Å²) in [5, 5.41) is 5.47. The molecule has 25 heavy (non-hydrogen) atoms. The van der Waals surface area contributed by atoms with Crippen LogP contribution in [-0.4, -0.2) is 24.3 Å². The van der Waals surface area contributed by atoms with Gasteiger partial charge in [-0.05, 0) is 48.9 Å². The molecule has 1 heterocycles. The molecule has 3 rings (SSSR count). The van der Waals surface area contributed by atoms with E-state index in [0.717, 1.165) is 18.7 Å². The van der Waals surface area contributed by atoms with Crippen LogP contribution in [0.3, 0.4) is 0 Å². The molecule has 1 aliphatic rings. The topological polar surface area (TPSA) is 78.5 Å². The van der Waals surface area contributed by atoms with Crippen molar-refractivity contribution in [1.82, 2.24) is 0 Å². The number of carbonyl (C=O) groups is 3. The van der Waals surface area contributed by atoms with Crippen molar-refractivity contribution in [3.8, 4) is 0 Å². The molecule has 0 aromatic heterocycles. The van der Waals surface area contributed by atoms with Gasteiger partial charge in [0.05, 0.1) is 0 Å². The Bertz CT molecular complexity index is 815. The van der Waals surface area contributed by atoms with Crippen LogP contribution in [0.25, 0.3) is 0 Å². The fraction of sp³-hybridized carbons (Fsp3) is 0.211. The van der Waals surface area contributed by atoms with E-state index in [1.165, 1.54) is 6.92 Å². The third-order valence-corrected chi connectivity index (χ3v) is 3.96. The Morgan fingerprint density at radius 2 is 1.68 bits per heavy atom. The second-order valence-electron chi connectivity index (χ2n) is 5.91. The normalized spacial score (nSPS) is 13.6. The van der Waals surface area contributed by atoms with Crippen LogP contribution in [0.1, 0.15) is 30.1 Å². The molecule has 0 unspecified atom stereocenters. The lowest BCUT2D eigenvalue weighted by atomic mass is 10.1. The van der Waals surface area contributed by atoms with Crippen LogP contribution in [0.4, 0.5) is 17.1 Å². The highest BCUT2D eigenvalue weighted by Gasteiger charge is 2.21. The SMILES string of the molecule is CC(=O)Nc1cccc(NC(=O)c2ccc(N3CCCC3=O)cc2)c1. The summed E-state index contributed by atoms with van der Waals surface area (Å²) in [5.41, 5.74) is 2.52. The van der Waals surface area contributed by atoms with Gasteiger partial charge in [-0.2, -0.15) is 0 Å². The highest BCUT2D eigenvalue weighted by Crippen LogP contribution is 2.22. The second kappa shape index (κ2) is 7.17. The first-order valence-corrected chi connectivity index (χ1v) is 8.12. The van der Waals surface area contributed by atoms with Crippen molar-refractivity contribution >= 4 is 34.8 Å². The minimum atomic E-state index is -0.251. The smallest absolute Gasteiger partial charge is 0.255 e. The average Bonchev–Trinajstić information content (AvgIpc) is 3.01. The van der Waals surface area contributed by atoms with Crippen molar-refractivity contribution in [2.24, 2.45) is 0 Å². The predicted molar refractivity (Wildman–Crippen MR) is 96.7 cm³/mol. The third kappa shape index (κ3) is 4.03. The number of hydrogen-bond acceptors (Lipinski definition) is 3. The van der Waals surface area contributed by atoms with Crippen LogP contribution in [0.5, 0.6) is 0 Å². The van der Waals surface area contributed by atoms with Gasteiger partial charge in [0.1, 0.15) is 0 Å². The quantitative estimate of drug-likeness (QED) is 0.900. The maximum absolute atomic E-state index is 12.4. The zero-order chi connectivity index (χ0) is 17.8. The molecule has 1 saturated heterocycles. The van der Waals surface area contributed by atoms with E-state index in [1.54, 1.807) is 53.4 Å². The van der Waals surface area contributed by atoms with Crippen LogP contribution < -0.4 is 15.5 Å². The predicted octanol–water partition coefficient (Wildman–Crippen LogP) is 3.02. The molecule has 0 spiro atoms. The zero-order valence-corrected chi connectivity index (χ0v) is 13.9. The number of nitrogens with zero attached hydrogens (tertiary/aromatic N) is 1. The molecule has 1 fully saturated rings. The Hall–Kier alpha value is -3.15. The summed E-state index contributed by atoms with van der Waals surface area (Å²) < 4.78 is 0. The van der Waals surface area contributed by atoms with Gasteiger partial charge in [0, 0.05) is 42.5 Å². The molecule has 0 radical (unpaired) electrons. The Morgan fingerprint density at radius 3 is 2.28 bits per heavy atom. The van der Waals surface area contributed by atoms with E-state index in [2.05, 4.69) is 10.6 Å². The number of rotatable bonds is 4. The van der Waals surface area contributed by atoms with E-state index in [1.807, 2.05) is 0 Å². The monoisotopic (exact) mass is 337 g/mol. The Balaban J connectivity index is 1.69. The van der Waals surface area contributed by atoms with Crippen LogP contribution >= 0.6 is 0 Å². The van der Waals surface area contributed by atoms with E-state index < -0.39 is 0 Å².